The standard InChI is InChI=1S/C10H18F3N3O2.ClH/c1-3-4-9(2,14)8(18)15-5-7(17)16-6-10(11,12)13;/h3-6,14H2,1-2H3,(H,15,18)(H,16,17);1H. The molecule has 0 bridgehead atoms. The lowest BCUT2D eigenvalue weighted by Crippen LogP contribution is -2.53. The van der Waals surface area contributed by atoms with Crippen LogP contribution in [-0.4, -0.2) is 36.6 Å². The quantitative estimate of drug-likeness (QED) is 0.676. The van der Waals surface area contributed by atoms with Crippen LogP contribution in [0.25, 0.3) is 0 Å². The van der Waals surface area contributed by atoms with Gasteiger partial charge in [0.05, 0.1) is 12.1 Å². The number of carbonyl (C=O) groups is 2. The van der Waals surface area contributed by atoms with E-state index in [2.05, 4.69) is 5.32 Å². The lowest BCUT2D eigenvalue weighted by atomic mass is 9.97. The second kappa shape index (κ2) is 8.21. The highest BCUT2D eigenvalue weighted by Gasteiger charge is 2.29. The maximum Gasteiger partial charge on any atom is 0.405 e. The molecule has 0 aliphatic carbocycles. The van der Waals surface area contributed by atoms with Crippen LogP contribution in [0.5, 0.6) is 0 Å². The van der Waals surface area contributed by atoms with Crippen molar-refractivity contribution in [2.45, 2.75) is 38.4 Å². The normalized spacial score (nSPS) is 14.0. The molecule has 1 unspecified atom stereocenters. The van der Waals surface area contributed by atoms with E-state index in [4.69, 9.17) is 5.73 Å². The van der Waals surface area contributed by atoms with Gasteiger partial charge in [0.1, 0.15) is 6.54 Å². The molecule has 1 atom stereocenters. The molecule has 0 fully saturated rings. The molecule has 114 valence electrons. The number of rotatable bonds is 6. The predicted octanol–water partition coefficient (Wildman–Crippen LogP) is 0.720. The molecule has 0 spiro atoms. The summed E-state index contributed by atoms with van der Waals surface area (Å²) in [5.74, 6) is -1.47. The van der Waals surface area contributed by atoms with Gasteiger partial charge in [-0.3, -0.25) is 9.59 Å². The Morgan fingerprint density at radius 2 is 1.74 bits per heavy atom. The van der Waals surface area contributed by atoms with Crippen molar-refractivity contribution in [3.8, 4) is 0 Å². The first kappa shape index (κ1) is 20.3. The fraction of sp³-hybridized carbons (Fsp3) is 0.800. The highest BCUT2D eigenvalue weighted by Crippen LogP contribution is 2.12. The van der Waals surface area contributed by atoms with Gasteiger partial charge in [0, 0.05) is 0 Å². The third-order valence-corrected chi connectivity index (χ3v) is 2.18. The summed E-state index contributed by atoms with van der Waals surface area (Å²) in [4.78, 5) is 22.5. The van der Waals surface area contributed by atoms with E-state index in [0.717, 1.165) is 0 Å². The Morgan fingerprint density at radius 3 is 2.16 bits per heavy atom. The van der Waals surface area contributed by atoms with Crippen LogP contribution in [0.2, 0.25) is 0 Å². The maximum atomic E-state index is 11.8. The molecule has 4 N–H and O–H groups in total. The summed E-state index contributed by atoms with van der Waals surface area (Å²) in [6.07, 6.45) is -3.37. The first-order chi connectivity index (χ1) is 8.08. The van der Waals surface area contributed by atoms with Gasteiger partial charge in [-0.25, -0.2) is 0 Å². The lowest BCUT2D eigenvalue weighted by molar-refractivity contribution is -0.138. The average molecular weight is 306 g/mol. The van der Waals surface area contributed by atoms with Crippen LogP contribution in [0.1, 0.15) is 26.7 Å². The van der Waals surface area contributed by atoms with Crippen molar-refractivity contribution in [3.05, 3.63) is 0 Å². The maximum absolute atomic E-state index is 11.8. The van der Waals surface area contributed by atoms with Gasteiger partial charge in [-0.15, -0.1) is 12.4 Å². The third kappa shape index (κ3) is 9.54. The molecular formula is C10H19ClF3N3O2. The minimum absolute atomic E-state index is 0. The first-order valence-corrected chi connectivity index (χ1v) is 5.49. The molecule has 0 rings (SSSR count). The number of halogens is 4. The minimum atomic E-state index is -4.47. The zero-order chi connectivity index (χ0) is 14.4. The van der Waals surface area contributed by atoms with Crippen LogP contribution >= 0.6 is 12.4 Å². The lowest BCUT2D eigenvalue weighted by Gasteiger charge is -2.22. The molecule has 0 aliphatic rings. The fourth-order valence-electron chi connectivity index (χ4n) is 1.26. The van der Waals surface area contributed by atoms with Gasteiger partial charge in [0.25, 0.3) is 0 Å². The van der Waals surface area contributed by atoms with E-state index in [1.807, 2.05) is 6.92 Å². The number of nitrogens with two attached hydrogens (primary N) is 1. The zero-order valence-corrected chi connectivity index (χ0v) is 11.6. The summed E-state index contributed by atoms with van der Waals surface area (Å²) in [7, 11) is 0. The second-order valence-corrected chi connectivity index (χ2v) is 4.24. The molecular weight excluding hydrogens is 287 g/mol. The highest BCUT2D eigenvalue weighted by atomic mass is 35.5. The minimum Gasteiger partial charge on any atom is -0.345 e. The van der Waals surface area contributed by atoms with Gasteiger partial charge < -0.3 is 16.4 Å². The molecule has 9 heteroatoms. The Bertz CT molecular complexity index is 309. The van der Waals surface area contributed by atoms with Crippen LogP contribution < -0.4 is 16.4 Å². The van der Waals surface area contributed by atoms with Crippen LogP contribution in [0.3, 0.4) is 0 Å². The van der Waals surface area contributed by atoms with Gasteiger partial charge in [-0.1, -0.05) is 13.3 Å². The van der Waals surface area contributed by atoms with Gasteiger partial charge in [0.15, 0.2) is 0 Å². The average Bonchev–Trinajstić information content (AvgIpc) is 2.21. The Kier molecular flexibility index (Phi) is 8.77. The molecule has 0 aromatic carbocycles. The van der Waals surface area contributed by atoms with Gasteiger partial charge >= 0.3 is 6.18 Å². The molecule has 19 heavy (non-hydrogen) atoms. The first-order valence-electron chi connectivity index (χ1n) is 5.49. The molecule has 0 aromatic rings. The van der Waals surface area contributed by atoms with E-state index in [1.165, 1.54) is 6.92 Å². The molecule has 0 aromatic heterocycles. The summed E-state index contributed by atoms with van der Waals surface area (Å²) in [5.41, 5.74) is 4.55. The topological polar surface area (TPSA) is 84.2 Å². The third-order valence-electron chi connectivity index (χ3n) is 2.18. The summed E-state index contributed by atoms with van der Waals surface area (Å²) >= 11 is 0. The number of nitrogens with one attached hydrogen (secondary N) is 2. The van der Waals surface area contributed by atoms with E-state index in [9.17, 15) is 22.8 Å². The van der Waals surface area contributed by atoms with Crippen molar-refractivity contribution in [2.75, 3.05) is 13.1 Å². The number of hydrogen-bond acceptors (Lipinski definition) is 3. The zero-order valence-electron chi connectivity index (χ0n) is 10.8. The summed E-state index contributed by atoms with van der Waals surface area (Å²) in [5, 5.41) is 3.84. The van der Waals surface area contributed by atoms with Crippen molar-refractivity contribution in [3.63, 3.8) is 0 Å². The smallest absolute Gasteiger partial charge is 0.345 e. The molecule has 5 nitrogen and oxygen atoms in total. The number of hydrogen-bond donors (Lipinski definition) is 3. The molecule has 0 radical (unpaired) electrons. The number of carbonyl (C=O) groups excluding carboxylic acids is 2. The van der Waals surface area contributed by atoms with E-state index < -0.39 is 36.6 Å². The molecule has 0 aliphatic heterocycles. The molecule has 0 saturated heterocycles. The van der Waals surface area contributed by atoms with E-state index in [0.29, 0.717) is 12.8 Å². The largest absolute Gasteiger partial charge is 0.405 e. The molecule has 0 saturated carbocycles. The van der Waals surface area contributed by atoms with Gasteiger partial charge in [0.2, 0.25) is 11.8 Å². The van der Waals surface area contributed by atoms with Crippen molar-refractivity contribution in [2.24, 2.45) is 5.73 Å². The van der Waals surface area contributed by atoms with E-state index in [1.54, 1.807) is 5.32 Å². The number of alkyl halides is 3. The van der Waals surface area contributed by atoms with E-state index >= 15 is 0 Å². The van der Waals surface area contributed by atoms with Crippen LogP contribution in [0.15, 0.2) is 0 Å². The fourth-order valence-corrected chi connectivity index (χ4v) is 1.26. The van der Waals surface area contributed by atoms with Gasteiger partial charge in [-0.2, -0.15) is 13.2 Å². The summed E-state index contributed by atoms with van der Waals surface area (Å²) in [6.45, 7) is 1.40. The number of amides is 2. The van der Waals surface area contributed by atoms with Crippen LogP contribution in [-0.2, 0) is 9.59 Å². The van der Waals surface area contributed by atoms with Crippen molar-refractivity contribution in [1.29, 1.82) is 0 Å². The predicted molar refractivity (Wildman–Crippen MR) is 66.8 cm³/mol. The van der Waals surface area contributed by atoms with E-state index in [-0.39, 0.29) is 12.4 Å². The van der Waals surface area contributed by atoms with Crippen LogP contribution in [0, 0.1) is 0 Å². The molecule has 0 heterocycles. The highest BCUT2D eigenvalue weighted by molar-refractivity contribution is 5.89. The second-order valence-electron chi connectivity index (χ2n) is 4.24. The monoisotopic (exact) mass is 305 g/mol. The Hall–Kier alpha value is -1.02. The Morgan fingerprint density at radius 1 is 1.21 bits per heavy atom. The summed E-state index contributed by atoms with van der Waals surface area (Å²) in [6, 6.07) is 0. The SMILES string of the molecule is CCCC(C)(N)C(=O)NCC(=O)NCC(F)(F)F.Cl. The van der Waals surface area contributed by atoms with Crippen LogP contribution in [0.4, 0.5) is 13.2 Å². The van der Waals surface area contributed by atoms with Crippen molar-refractivity contribution in [1.82, 2.24) is 10.6 Å². The van der Waals surface area contributed by atoms with Crippen molar-refractivity contribution < 1.29 is 22.8 Å². The molecule has 2 amide bonds. The van der Waals surface area contributed by atoms with Crippen molar-refractivity contribution >= 4 is 24.2 Å². The van der Waals surface area contributed by atoms with Gasteiger partial charge in [-0.05, 0) is 13.3 Å². The summed E-state index contributed by atoms with van der Waals surface area (Å²) < 4.78 is 35.3. The Labute approximate surface area is 115 Å². The Balaban J connectivity index is 0.